The van der Waals surface area contributed by atoms with Gasteiger partial charge in [-0.2, -0.15) is 0 Å². The van der Waals surface area contributed by atoms with E-state index in [1.54, 1.807) is 0 Å². The molecular weight excluding hydrogens is 309 g/mol. The van der Waals surface area contributed by atoms with E-state index in [0.717, 1.165) is 12.1 Å². The summed E-state index contributed by atoms with van der Waals surface area (Å²) in [5.74, 6) is -0.464. The van der Waals surface area contributed by atoms with Gasteiger partial charge in [0.2, 0.25) is 0 Å². The number of hydrogen-bond acceptors (Lipinski definition) is 2. The van der Waals surface area contributed by atoms with E-state index in [2.05, 4.69) is 31.9 Å². The fourth-order valence-electron chi connectivity index (χ4n) is 0.849. The van der Waals surface area contributed by atoms with Crippen molar-refractivity contribution in [1.82, 2.24) is 0 Å². The Morgan fingerprint density at radius 2 is 2.15 bits per heavy atom. The van der Waals surface area contributed by atoms with E-state index in [-0.39, 0.29) is 21.1 Å². The number of hydrogen-bond donors (Lipinski definition) is 0. The van der Waals surface area contributed by atoms with Gasteiger partial charge in [-0.15, -0.1) is 0 Å². The van der Waals surface area contributed by atoms with Crippen LogP contribution in [0.2, 0.25) is 0 Å². The standard InChI is InChI=1S/C7H4Br2FNO2/c8-3-4-5(10)1-2-6(7(4)9)11(12)13/h1-2H,3H2. The molecule has 0 saturated heterocycles. The summed E-state index contributed by atoms with van der Waals surface area (Å²) < 4.78 is 13.2. The number of nitro groups is 1. The summed E-state index contributed by atoms with van der Waals surface area (Å²) in [4.78, 5) is 9.88. The van der Waals surface area contributed by atoms with E-state index in [0.29, 0.717) is 0 Å². The van der Waals surface area contributed by atoms with Crippen LogP contribution in [0.4, 0.5) is 10.1 Å². The molecule has 1 aromatic carbocycles. The fourth-order valence-corrected chi connectivity index (χ4v) is 2.38. The molecule has 0 fully saturated rings. The Labute approximate surface area is 90.3 Å². The fraction of sp³-hybridized carbons (Fsp3) is 0.143. The molecule has 70 valence electrons. The maximum atomic E-state index is 13.0. The van der Waals surface area contributed by atoms with Crippen LogP contribution >= 0.6 is 31.9 Å². The average Bonchev–Trinajstić information content (AvgIpc) is 2.04. The molecule has 0 aromatic heterocycles. The van der Waals surface area contributed by atoms with Gasteiger partial charge in [0.25, 0.3) is 5.69 Å². The molecule has 3 nitrogen and oxygen atoms in total. The SMILES string of the molecule is O=[N+]([O-])c1ccc(F)c(CBr)c1Br. The third-order valence-corrected chi connectivity index (χ3v) is 2.94. The Bertz CT molecular complexity index is 357. The van der Waals surface area contributed by atoms with Crippen molar-refractivity contribution in [1.29, 1.82) is 0 Å². The highest BCUT2D eigenvalue weighted by Gasteiger charge is 2.17. The monoisotopic (exact) mass is 311 g/mol. The summed E-state index contributed by atoms with van der Waals surface area (Å²) in [6, 6.07) is 2.21. The number of rotatable bonds is 2. The molecule has 0 heterocycles. The summed E-state index contributed by atoms with van der Waals surface area (Å²) >= 11 is 6.03. The Kier molecular flexibility index (Phi) is 3.38. The quantitative estimate of drug-likeness (QED) is 0.477. The van der Waals surface area contributed by atoms with Gasteiger partial charge in [-0.1, -0.05) is 15.9 Å². The first kappa shape index (κ1) is 10.6. The highest BCUT2D eigenvalue weighted by Crippen LogP contribution is 2.31. The second-order valence-electron chi connectivity index (χ2n) is 2.25. The first-order valence-electron chi connectivity index (χ1n) is 3.25. The zero-order valence-corrected chi connectivity index (χ0v) is 9.43. The number of nitro benzene ring substituents is 1. The first-order chi connectivity index (χ1) is 6.07. The lowest BCUT2D eigenvalue weighted by molar-refractivity contribution is -0.385. The van der Waals surface area contributed by atoms with Crippen molar-refractivity contribution in [3.63, 3.8) is 0 Å². The minimum absolute atomic E-state index is 0.129. The minimum Gasteiger partial charge on any atom is -0.258 e. The van der Waals surface area contributed by atoms with Crippen molar-refractivity contribution in [2.24, 2.45) is 0 Å². The van der Waals surface area contributed by atoms with Crippen molar-refractivity contribution in [2.75, 3.05) is 0 Å². The van der Waals surface area contributed by atoms with Crippen molar-refractivity contribution < 1.29 is 9.31 Å². The largest absolute Gasteiger partial charge is 0.284 e. The number of nitrogens with zero attached hydrogens (tertiary/aromatic N) is 1. The minimum atomic E-state index is -0.560. The zero-order valence-electron chi connectivity index (χ0n) is 6.26. The van der Waals surface area contributed by atoms with Gasteiger partial charge in [-0.3, -0.25) is 10.1 Å². The number of halogens is 3. The highest BCUT2D eigenvalue weighted by molar-refractivity contribution is 9.11. The topological polar surface area (TPSA) is 43.1 Å². The molecule has 6 heteroatoms. The maximum absolute atomic E-state index is 13.0. The Balaban J connectivity index is 3.35. The number of alkyl halides is 1. The normalized spacial score (nSPS) is 10.1. The molecule has 0 saturated carbocycles. The molecule has 1 rings (SSSR count). The predicted molar refractivity (Wildman–Crippen MR) is 53.4 cm³/mol. The summed E-state index contributed by atoms with van der Waals surface area (Å²) in [6.45, 7) is 0. The molecular formula is C7H4Br2FNO2. The van der Waals surface area contributed by atoms with E-state index >= 15 is 0 Å². The molecule has 0 amide bonds. The van der Waals surface area contributed by atoms with E-state index in [1.165, 1.54) is 0 Å². The summed E-state index contributed by atoms with van der Waals surface area (Å²) in [6.07, 6.45) is 0. The molecule has 0 unspecified atom stereocenters. The molecule has 0 bridgehead atoms. The van der Waals surface area contributed by atoms with E-state index in [4.69, 9.17) is 0 Å². The van der Waals surface area contributed by atoms with Crippen LogP contribution in [-0.4, -0.2) is 4.92 Å². The maximum Gasteiger partial charge on any atom is 0.284 e. The van der Waals surface area contributed by atoms with Crippen LogP contribution in [0, 0.1) is 15.9 Å². The molecule has 0 aliphatic rings. The van der Waals surface area contributed by atoms with Crippen LogP contribution in [-0.2, 0) is 5.33 Å². The zero-order chi connectivity index (χ0) is 10.0. The second kappa shape index (κ2) is 4.15. The molecule has 0 aliphatic carbocycles. The molecule has 0 radical (unpaired) electrons. The summed E-state index contributed by atoms with van der Waals surface area (Å²) in [7, 11) is 0. The van der Waals surface area contributed by atoms with Gasteiger partial charge in [0.1, 0.15) is 10.3 Å². The third-order valence-electron chi connectivity index (χ3n) is 1.50. The number of benzene rings is 1. The summed E-state index contributed by atoms with van der Waals surface area (Å²) in [5.41, 5.74) is 0.130. The molecule has 0 atom stereocenters. The second-order valence-corrected chi connectivity index (χ2v) is 3.60. The van der Waals surface area contributed by atoms with Gasteiger partial charge < -0.3 is 0 Å². The molecule has 1 aromatic rings. The molecule has 13 heavy (non-hydrogen) atoms. The smallest absolute Gasteiger partial charge is 0.258 e. The van der Waals surface area contributed by atoms with Crippen molar-refractivity contribution >= 4 is 37.5 Å². The summed E-state index contributed by atoms with van der Waals surface area (Å²) in [5, 5.41) is 10.7. The van der Waals surface area contributed by atoms with Crippen molar-refractivity contribution in [3.05, 3.63) is 38.1 Å². The lowest BCUT2D eigenvalue weighted by Crippen LogP contribution is -1.95. The van der Waals surface area contributed by atoms with Crippen molar-refractivity contribution in [3.8, 4) is 0 Å². The van der Waals surface area contributed by atoms with E-state index < -0.39 is 10.7 Å². The Morgan fingerprint density at radius 3 is 2.62 bits per heavy atom. The Hall–Kier alpha value is -0.490. The van der Waals surface area contributed by atoms with Crippen LogP contribution in [0.1, 0.15) is 5.56 Å². The van der Waals surface area contributed by atoms with Gasteiger partial charge in [-0.05, 0) is 22.0 Å². The Morgan fingerprint density at radius 1 is 1.54 bits per heavy atom. The lowest BCUT2D eigenvalue weighted by atomic mass is 10.2. The van der Waals surface area contributed by atoms with Crippen LogP contribution in [0.3, 0.4) is 0 Å². The van der Waals surface area contributed by atoms with Gasteiger partial charge in [-0.25, -0.2) is 4.39 Å². The average molecular weight is 313 g/mol. The highest BCUT2D eigenvalue weighted by atomic mass is 79.9. The van der Waals surface area contributed by atoms with Crippen LogP contribution in [0.15, 0.2) is 16.6 Å². The van der Waals surface area contributed by atoms with Gasteiger partial charge in [0.05, 0.1) is 4.92 Å². The van der Waals surface area contributed by atoms with E-state index in [1.807, 2.05) is 0 Å². The predicted octanol–water partition coefficient (Wildman–Crippen LogP) is 3.39. The van der Waals surface area contributed by atoms with Crippen LogP contribution in [0.25, 0.3) is 0 Å². The lowest BCUT2D eigenvalue weighted by Gasteiger charge is -2.02. The first-order valence-corrected chi connectivity index (χ1v) is 5.16. The molecule has 0 N–H and O–H groups in total. The van der Waals surface area contributed by atoms with Crippen LogP contribution in [0.5, 0.6) is 0 Å². The van der Waals surface area contributed by atoms with Gasteiger partial charge >= 0.3 is 0 Å². The van der Waals surface area contributed by atoms with Gasteiger partial charge in [0, 0.05) is 17.0 Å². The van der Waals surface area contributed by atoms with Gasteiger partial charge in [0.15, 0.2) is 0 Å². The van der Waals surface area contributed by atoms with E-state index in [9.17, 15) is 14.5 Å². The third kappa shape index (κ3) is 2.05. The molecule has 0 aliphatic heterocycles. The van der Waals surface area contributed by atoms with Crippen LogP contribution < -0.4 is 0 Å². The van der Waals surface area contributed by atoms with Crippen molar-refractivity contribution in [2.45, 2.75) is 5.33 Å². The molecule has 0 spiro atoms.